The average Bonchev–Trinajstić information content (AvgIpc) is 2.53. The summed E-state index contributed by atoms with van der Waals surface area (Å²) in [6, 6.07) is 8.82. The van der Waals surface area contributed by atoms with Gasteiger partial charge in [-0.25, -0.2) is 0 Å². The third kappa shape index (κ3) is 3.60. The predicted octanol–water partition coefficient (Wildman–Crippen LogP) is 2.62. The van der Waals surface area contributed by atoms with Crippen LogP contribution in [0.2, 0.25) is 0 Å². The SMILES string of the molecule is Cc1ccccc1C(C(C)N)N1CCCC(C)(O)CC1. The molecule has 20 heavy (non-hydrogen) atoms. The summed E-state index contributed by atoms with van der Waals surface area (Å²) < 4.78 is 0. The second kappa shape index (κ2) is 6.25. The van der Waals surface area contributed by atoms with Gasteiger partial charge in [0.15, 0.2) is 0 Å². The molecule has 3 atom stereocenters. The molecule has 1 aliphatic heterocycles. The molecule has 0 saturated carbocycles. The zero-order valence-electron chi connectivity index (χ0n) is 13.0. The summed E-state index contributed by atoms with van der Waals surface area (Å²) in [5.74, 6) is 0. The smallest absolute Gasteiger partial charge is 0.0632 e. The summed E-state index contributed by atoms with van der Waals surface area (Å²) in [4.78, 5) is 2.45. The molecule has 1 saturated heterocycles. The van der Waals surface area contributed by atoms with Crippen molar-refractivity contribution in [2.24, 2.45) is 5.73 Å². The molecule has 0 amide bonds. The van der Waals surface area contributed by atoms with Crippen LogP contribution in [-0.4, -0.2) is 34.7 Å². The molecule has 2 rings (SSSR count). The van der Waals surface area contributed by atoms with Gasteiger partial charge in [-0.1, -0.05) is 24.3 Å². The summed E-state index contributed by atoms with van der Waals surface area (Å²) in [7, 11) is 0. The van der Waals surface area contributed by atoms with Gasteiger partial charge in [0, 0.05) is 18.6 Å². The minimum Gasteiger partial charge on any atom is -0.390 e. The van der Waals surface area contributed by atoms with Gasteiger partial charge >= 0.3 is 0 Å². The lowest BCUT2D eigenvalue weighted by molar-refractivity contribution is 0.0424. The molecule has 1 fully saturated rings. The van der Waals surface area contributed by atoms with Crippen LogP contribution in [0.25, 0.3) is 0 Å². The van der Waals surface area contributed by atoms with E-state index in [1.807, 2.05) is 6.92 Å². The Morgan fingerprint density at radius 3 is 2.60 bits per heavy atom. The van der Waals surface area contributed by atoms with E-state index in [1.165, 1.54) is 11.1 Å². The first kappa shape index (κ1) is 15.5. The number of hydrogen-bond acceptors (Lipinski definition) is 3. The van der Waals surface area contributed by atoms with Crippen molar-refractivity contribution >= 4 is 0 Å². The van der Waals surface area contributed by atoms with E-state index >= 15 is 0 Å². The van der Waals surface area contributed by atoms with Gasteiger partial charge in [-0.15, -0.1) is 0 Å². The van der Waals surface area contributed by atoms with Crippen LogP contribution in [0.4, 0.5) is 0 Å². The van der Waals surface area contributed by atoms with Gasteiger partial charge in [-0.3, -0.25) is 4.90 Å². The monoisotopic (exact) mass is 276 g/mol. The maximum atomic E-state index is 10.3. The summed E-state index contributed by atoms with van der Waals surface area (Å²) in [5.41, 5.74) is 8.38. The van der Waals surface area contributed by atoms with Crippen molar-refractivity contribution in [1.29, 1.82) is 0 Å². The van der Waals surface area contributed by atoms with E-state index < -0.39 is 5.60 Å². The minimum atomic E-state index is -0.525. The standard InChI is InChI=1S/C17H28N2O/c1-13-7-4-5-8-15(13)16(14(2)18)19-11-6-9-17(3,20)10-12-19/h4-5,7-8,14,16,20H,6,9-12,18H2,1-3H3. The zero-order chi connectivity index (χ0) is 14.8. The van der Waals surface area contributed by atoms with Crippen LogP contribution in [0.3, 0.4) is 0 Å². The first-order chi connectivity index (χ1) is 9.41. The Morgan fingerprint density at radius 1 is 1.25 bits per heavy atom. The van der Waals surface area contributed by atoms with E-state index in [-0.39, 0.29) is 12.1 Å². The molecule has 0 bridgehead atoms. The Balaban J connectivity index is 2.23. The van der Waals surface area contributed by atoms with Gasteiger partial charge in [0.1, 0.15) is 0 Å². The minimum absolute atomic E-state index is 0.0825. The Hall–Kier alpha value is -0.900. The lowest BCUT2D eigenvalue weighted by Crippen LogP contribution is -2.41. The number of likely N-dealkylation sites (tertiary alicyclic amines) is 1. The molecule has 1 aromatic rings. The zero-order valence-corrected chi connectivity index (χ0v) is 13.0. The number of nitrogens with two attached hydrogens (primary N) is 1. The van der Waals surface area contributed by atoms with Crippen LogP contribution >= 0.6 is 0 Å². The second-order valence-electron chi connectivity index (χ2n) is 6.55. The molecule has 0 aliphatic carbocycles. The number of benzene rings is 1. The van der Waals surface area contributed by atoms with Gasteiger partial charge in [0.25, 0.3) is 0 Å². The van der Waals surface area contributed by atoms with E-state index in [0.717, 1.165) is 32.4 Å². The number of hydrogen-bond donors (Lipinski definition) is 2. The first-order valence-corrected chi connectivity index (χ1v) is 7.68. The third-order valence-electron chi connectivity index (χ3n) is 4.50. The van der Waals surface area contributed by atoms with Crippen LogP contribution in [-0.2, 0) is 0 Å². The Bertz CT molecular complexity index is 442. The van der Waals surface area contributed by atoms with Gasteiger partial charge in [-0.05, 0) is 57.7 Å². The van der Waals surface area contributed by atoms with E-state index in [0.29, 0.717) is 0 Å². The van der Waals surface area contributed by atoms with Crippen molar-refractivity contribution in [3.8, 4) is 0 Å². The lowest BCUT2D eigenvalue weighted by atomic mass is 9.94. The van der Waals surface area contributed by atoms with Crippen molar-refractivity contribution < 1.29 is 5.11 Å². The van der Waals surface area contributed by atoms with Crippen LogP contribution in [0, 0.1) is 6.92 Å². The van der Waals surface area contributed by atoms with Crippen molar-refractivity contribution in [2.75, 3.05) is 13.1 Å². The van der Waals surface area contributed by atoms with Gasteiger partial charge in [-0.2, -0.15) is 0 Å². The molecule has 3 nitrogen and oxygen atoms in total. The van der Waals surface area contributed by atoms with Crippen molar-refractivity contribution in [1.82, 2.24) is 4.90 Å². The maximum Gasteiger partial charge on any atom is 0.0632 e. The van der Waals surface area contributed by atoms with E-state index in [9.17, 15) is 5.11 Å². The summed E-state index contributed by atoms with van der Waals surface area (Å²) in [6.45, 7) is 8.11. The van der Waals surface area contributed by atoms with Gasteiger partial charge in [0.05, 0.1) is 5.60 Å². The highest BCUT2D eigenvalue weighted by atomic mass is 16.3. The van der Waals surface area contributed by atoms with Crippen molar-refractivity contribution in [2.45, 2.75) is 57.7 Å². The third-order valence-corrected chi connectivity index (χ3v) is 4.50. The molecule has 0 aromatic heterocycles. The summed E-state index contributed by atoms with van der Waals surface area (Å²) >= 11 is 0. The Labute approximate surface area is 122 Å². The molecule has 0 radical (unpaired) electrons. The van der Waals surface area contributed by atoms with Crippen LogP contribution in [0.5, 0.6) is 0 Å². The molecule has 1 aliphatic rings. The van der Waals surface area contributed by atoms with Crippen LogP contribution in [0.1, 0.15) is 50.3 Å². The maximum absolute atomic E-state index is 10.3. The molecular formula is C17H28N2O. The van der Waals surface area contributed by atoms with E-state index in [4.69, 9.17) is 5.73 Å². The molecule has 0 spiro atoms. The van der Waals surface area contributed by atoms with Crippen molar-refractivity contribution in [3.05, 3.63) is 35.4 Å². The molecule has 1 heterocycles. The molecule has 3 heteroatoms. The highest BCUT2D eigenvalue weighted by Gasteiger charge is 2.31. The molecule has 3 unspecified atom stereocenters. The van der Waals surface area contributed by atoms with Gasteiger partial charge < -0.3 is 10.8 Å². The molecule has 1 aromatic carbocycles. The topological polar surface area (TPSA) is 49.5 Å². The Morgan fingerprint density at radius 2 is 1.95 bits per heavy atom. The lowest BCUT2D eigenvalue weighted by Gasteiger charge is -2.35. The molecule has 3 N–H and O–H groups in total. The first-order valence-electron chi connectivity index (χ1n) is 7.68. The molecular weight excluding hydrogens is 248 g/mol. The van der Waals surface area contributed by atoms with Gasteiger partial charge in [0.2, 0.25) is 0 Å². The number of aryl methyl sites for hydroxylation is 1. The fourth-order valence-electron chi connectivity index (χ4n) is 3.29. The number of nitrogens with zero attached hydrogens (tertiary/aromatic N) is 1. The highest BCUT2D eigenvalue weighted by Crippen LogP contribution is 2.31. The number of rotatable bonds is 3. The van der Waals surface area contributed by atoms with E-state index in [2.05, 4.69) is 43.0 Å². The number of aliphatic hydroxyl groups is 1. The Kier molecular flexibility index (Phi) is 4.84. The highest BCUT2D eigenvalue weighted by molar-refractivity contribution is 5.30. The van der Waals surface area contributed by atoms with E-state index in [1.54, 1.807) is 0 Å². The summed E-state index contributed by atoms with van der Waals surface area (Å²) in [6.07, 6.45) is 2.73. The van der Waals surface area contributed by atoms with Crippen LogP contribution < -0.4 is 5.73 Å². The fourth-order valence-corrected chi connectivity index (χ4v) is 3.29. The normalized spacial score (nSPS) is 27.9. The largest absolute Gasteiger partial charge is 0.390 e. The van der Waals surface area contributed by atoms with Crippen molar-refractivity contribution in [3.63, 3.8) is 0 Å². The second-order valence-corrected chi connectivity index (χ2v) is 6.55. The molecule has 112 valence electrons. The van der Waals surface area contributed by atoms with Crippen LogP contribution in [0.15, 0.2) is 24.3 Å². The predicted molar refractivity (Wildman–Crippen MR) is 83.6 cm³/mol. The summed E-state index contributed by atoms with van der Waals surface area (Å²) in [5, 5.41) is 10.3. The fraction of sp³-hybridized carbons (Fsp3) is 0.647. The quantitative estimate of drug-likeness (QED) is 0.892. The average molecular weight is 276 g/mol.